The monoisotopic (exact) mass is 415 g/mol. The van der Waals surface area contributed by atoms with Crippen LogP contribution in [0, 0.1) is 10.1 Å². The van der Waals surface area contributed by atoms with Crippen LogP contribution in [0.25, 0.3) is 10.2 Å². The Hall–Kier alpha value is -2.89. The van der Waals surface area contributed by atoms with E-state index in [4.69, 9.17) is 4.74 Å². The Labute approximate surface area is 171 Å². The Morgan fingerprint density at radius 2 is 2.00 bits per heavy atom. The van der Waals surface area contributed by atoms with E-state index in [9.17, 15) is 10.1 Å². The van der Waals surface area contributed by atoms with Crippen molar-refractivity contribution >= 4 is 44.0 Å². The first-order valence-electron chi connectivity index (χ1n) is 9.36. The summed E-state index contributed by atoms with van der Waals surface area (Å²) < 4.78 is 6.33. The summed E-state index contributed by atoms with van der Waals surface area (Å²) in [5, 5.41) is 18.3. The number of benzene rings is 1. The highest BCUT2D eigenvalue weighted by atomic mass is 32.1. The number of rotatable bonds is 8. The zero-order valence-electron chi connectivity index (χ0n) is 15.7. The van der Waals surface area contributed by atoms with Crippen LogP contribution in [0.4, 0.5) is 22.5 Å². The Morgan fingerprint density at radius 3 is 2.79 bits per heavy atom. The zero-order chi connectivity index (χ0) is 20.1. The molecule has 0 saturated carbocycles. The van der Waals surface area contributed by atoms with Crippen molar-refractivity contribution in [3.63, 3.8) is 0 Å². The fraction of sp³-hybridized carbons (Fsp3) is 0.389. The molecule has 1 saturated heterocycles. The van der Waals surface area contributed by atoms with Crippen LogP contribution in [0.5, 0.6) is 0 Å². The molecule has 11 heteroatoms. The lowest BCUT2D eigenvalue weighted by Gasteiger charge is -2.26. The summed E-state index contributed by atoms with van der Waals surface area (Å²) in [6, 6.07) is 7.68. The van der Waals surface area contributed by atoms with E-state index in [-0.39, 0.29) is 17.3 Å². The van der Waals surface area contributed by atoms with Gasteiger partial charge in [0.05, 0.1) is 28.4 Å². The molecule has 0 radical (unpaired) electrons. The number of hydrogen-bond donors (Lipinski definition) is 2. The molecule has 2 N–H and O–H groups in total. The van der Waals surface area contributed by atoms with E-state index in [1.54, 1.807) is 0 Å². The predicted molar refractivity (Wildman–Crippen MR) is 112 cm³/mol. The summed E-state index contributed by atoms with van der Waals surface area (Å²) >= 11 is 1.41. The van der Waals surface area contributed by atoms with Crippen molar-refractivity contribution in [2.75, 3.05) is 50.0 Å². The summed E-state index contributed by atoms with van der Waals surface area (Å²) in [6.07, 6.45) is 2.16. The molecule has 1 aromatic carbocycles. The van der Waals surface area contributed by atoms with Gasteiger partial charge in [0.15, 0.2) is 5.13 Å². The van der Waals surface area contributed by atoms with Crippen molar-refractivity contribution in [1.82, 2.24) is 19.9 Å². The maximum atomic E-state index is 11.7. The molecule has 152 valence electrons. The van der Waals surface area contributed by atoms with Crippen LogP contribution in [0.1, 0.15) is 6.42 Å². The van der Waals surface area contributed by atoms with E-state index >= 15 is 0 Å². The maximum absolute atomic E-state index is 11.7. The molecule has 0 bridgehead atoms. The molecule has 3 heterocycles. The van der Waals surface area contributed by atoms with E-state index in [0.29, 0.717) is 11.7 Å². The van der Waals surface area contributed by atoms with E-state index < -0.39 is 4.92 Å². The standard InChI is InChI=1S/C18H21N7O3S/c26-25(27)15-16(19-6-3-7-24-8-10-28-11-9-24)20-12-21-17(15)23-18-22-13-4-1-2-5-14(13)29-18/h1-2,4-5,12H,3,6-11H2,(H2,19,20,21,22,23). The zero-order valence-corrected chi connectivity index (χ0v) is 16.5. The molecule has 0 amide bonds. The molecule has 1 fully saturated rings. The Balaban J connectivity index is 1.44. The van der Waals surface area contributed by atoms with Crippen LogP contribution in [-0.4, -0.2) is 64.2 Å². The summed E-state index contributed by atoms with van der Waals surface area (Å²) in [6.45, 7) is 4.84. The summed E-state index contributed by atoms with van der Waals surface area (Å²) in [7, 11) is 0. The van der Waals surface area contributed by atoms with Gasteiger partial charge in [-0.05, 0) is 25.1 Å². The molecule has 0 aliphatic carbocycles. The fourth-order valence-corrected chi connectivity index (χ4v) is 4.00. The molecule has 0 atom stereocenters. The third-order valence-corrected chi connectivity index (χ3v) is 5.52. The summed E-state index contributed by atoms with van der Waals surface area (Å²) in [4.78, 5) is 26.1. The normalized spacial score (nSPS) is 14.8. The second-order valence-electron chi connectivity index (χ2n) is 6.52. The third kappa shape index (κ3) is 4.75. The summed E-state index contributed by atoms with van der Waals surface area (Å²) in [5.41, 5.74) is 0.649. The van der Waals surface area contributed by atoms with Gasteiger partial charge in [0.25, 0.3) is 0 Å². The van der Waals surface area contributed by atoms with Crippen LogP contribution < -0.4 is 10.6 Å². The molecule has 4 rings (SSSR count). The van der Waals surface area contributed by atoms with Crippen LogP contribution in [0.3, 0.4) is 0 Å². The first kappa shape index (κ1) is 19.4. The first-order valence-corrected chi connectivity index (χ1v) is 10.2. The highest BCUT2D eigenvalue weighted by Gasteiger charge is 2.23. The van der Waals surface area contributed by atoms with Gasteiger partial charge in [0, 0.05) is 19.6 Å². The number of nitrogens with one attached hydrogen (secondary N) is 2. The highest BCUT2D eigenvalue weighted by molar-refractivity contribution is 7.22. The lowest BCUT2D eigenvalue weighted by atomic mass is 10.3. The van der Waals surface area contributed by atoms with Gasteiger partial charge in [-0.1, -0.05) is 23.5 Å². The van der Waals surface area contributed by atoms with Crippen LogP contribution in [0.2, 0.25) is 0 Å². The highest BCUT2D eigenvalue weighted by Crippen LogP contribution is 2.33. The first-order chi connectivity index (χ1) is 14.2. The van der Waals surface area contributed by atoms with Gasteiger partial charge in [-0.3, -0.25) is 15.0 Å². The molecule has 2 aromatic heterocycles. The minimum absolute atomic E-state index is 0.125. The molecule has 1 aliphatic rings. The number of anilines is 3. The quantitative estimate of drug-likeness (QED) is 0.325. The maximum Gasteiger partial charge on any atom is 0.353 e. The van der Waals surface area contributed by atoms with Gasteiger partial charge in [-0.25, -0.2) is 15.0 Å². The van der Waals surface area contributed by atoms with E-state index in [2.05, 4.69) is 30.5 Å². The van der Waals surface area contributed by atoms with Crippen LogP contribution in [0.15, 0.2) is 30.6 Å². The summed E-state index contributed by atoms with van der Waals surface area (Å²) in [5.74, 6) is 0.329. The van der Waals surface area contributed by atoms with Crippen molar-refractivity contribution in [3.05, 3.63) is 40.7 Å². The topological polar surface area (TPSA) is 118 Å². The second-order valence-corrected chi connectivity index (χ2v) is 7.55. The molecule has 10 nitrogen and oxygen atoms in total. The van der Waals surface area contributed by atoms with E-state index in [1.807, 2.05) is 24.3 Å². The molecule has 3 aromatic rings. The van der Waals surface area contributed by atoms with Crippen molar-refractivity contribution in [2.45, 2.75) is 6.42 Å². The van der Waals surface area contributed by atoms with Crippen molar-refractivity contribution in [1.29, 1.82) is 0 Å². The van der Waals surface area contributed by atoms with Gasteiger partial charge in [-0.2, -0.15) is 0 Å². The molecule has 29 heavy (non-hydrogen) atoms. The lowest BCUT2D eigenvalue weighted by molar-refractivity contribution is -0.383. The van der Waals surface area contributed by atoms with Gasteiger partial charge in [0.2, 0.25) is 11.6 Å². The SMILES string of the molecule is O=[N+]([O-])c1c(NCCCN2CCOCC2)ncnc1Nc1nc2ccccc2s1. The number of morpholine rings is 1. The molecule has 0 unspecified atom stereocenters. The third-order valence-electron chi connectivity index (χ3n) is 4.57. The smallest absolute Gasteiger partial charge is 0.353 e. The molecule has 1 aliphatic heterocycles. The Bertz CT molecular complexity index is 958. The number of fused-ring (bicyclic) bond motifs is 1. The average molecular weight is 415 g/mol. The Kier molecular flexibility index (Phi) is 6.08. The fourth-order valence-electron chi connectivity index (χ4n) is 3.13. The number of nitro groups is 1. The molecular weight excluding hydrogens is 394 g/mol. The number of hydrogen-bond acceptors (Lipinski definition) is 10. The van der Waals surface area contributed by atoms with Crippen LogP contribution >= 0.6 is 11.3 Å². The number of thiazole rings is 1. The van der Waals surface area contributed by atoms with Gasteiger partial charge in [-0.15, -0.1) is 0 Å². The minimum Gasteiger partial charge on any atom is -0.379 e. The molecule has 0 spiro atoms. The van der Waals surface area contributed by atoms with Crippen molar-refractivity contribution < 1.29 is 9.66 Å². The van der Waals surface area contributed by atoms with Gasteiger partial charge >= 0.3 is 5.69 Å². The largest absolute Gasteiger partial charge is 0.379 e. The number of aromatic nitrogens is 3. The van der Waals surface area contributed by atoms with Gasteiger partial charge < -0.3 is 15.4 Å². The predicted octanol–water partition coefficient (Wildman–Crippen LogP) is 2.87. The van der Waals surface area contributed by atoms with E-state index in [0.717, 1.165) is 49.5 Å². The number of nitrogens with zero attached hydrogens (tertiary/aromatic N) is 5. The van der Waals surface area contributed by atoms with Crippen LogP contribution in [-0.2, 0) is 4.74 Å². The average Bonchev–Trinajstić information content (AvgIpc) is 3.14. The second kappa shape index (κ2) is 9.07. The van der Waals surface area contributed by atoms with Crippen molar-refractivity contribution in [3.8, 4) is 0 Å². The van der Waals surface area contributed by atoms with Crippen molar-refractivity contribution in [2.24, 2.45) is 0 Å². The molecular formula is C18H21N7O3S. The Morgan fingerprint density at radius 1 is 1.21 bits per heavy atom. The van der Waals surface area contributed by atoms with Gasteiger partial charge in [0.1, 0.15) is 6.33 Å². The van der Waals surface area contributed by atoms with E-state index in [1.165, 1.54) is 17.7 Å². The number of ether oxygens (including phenoxy) is 1. The number of para-hydroxylation sites is 1. The lowest BCUT2D eigenvalue weighted by Crippen LogP contribution is -2.37. The minimum atomic E-state index is -0.472.